The van der Waals surface area contributed by atoms with Gasteiger partial charge < -0.3 is 11.1 Å². The first-order valence-electron chi connectivity index (χ1n) is 5.61. The molecule has 0 aromatic rings. The highest BCUT2D eigenvalue weighted by Gasteiger charge is 2.30. The van der Waals surface area contributed by atoms with Crippen molar-refractivity contribution < 1.29 is 0 Å². The molecule has 1 rings (SSSR count). The smallest absolute Gasteiger partial charge is 0.0153 e. The predicted molar refractivity (Wildman–Crippen MR) is 57.7 cm³/mol. The molecule has 0 aliphatic heterocycles. The van der Waals surface area contributed by atoms with Crippen LogP contribution in [-0.2, 0) is 0 Å². The maximum Gasteiger partial charge on any atom is 0.0153 e. The van der Waals surface area contributed by atoms with E-state index in [9.17, 15) is 0 Å². The summed E-state index contributed by atoms with van der Waals surface area (Å²) in [4.78, 5) is 0. The Bertz CT molecular complexity index is 141. The van der Waals surface area contributed by atoms with Crippen molar-refractivity contribution in [1.82, 2.24) is 5.32 Å². The van der Waals surface area contributed by atoms with E-state index < -0.39 is 0 Å². The Hall–Kier alpha value is -0.0800. The van der Waals surface area contributed by atoms with Gasteiger partial charge in [0.05, 0.1) is 0 Å². The predicted octanol–water partition coefficient (Wildman–Crippen LogP) is 1.89. The monoisotopic (exact) mass is 184 g/mol. The molecule has 13 heavy (non-hydrogen) atoms. The summed E-state index contributed by atoms with van der Waals surface area (Å²) in [5.41, 5.74) is 5.94. The highest BCUT2D eigenvalue weighted by atomic mass is 15.0. The molecular formula is C11H24N2. The van der Waals surface area contributed by atoms with Crippen molar-refractivity contribution in [3.8, 4) is 0 Å². The highest BCUT2D eigenvalue weighted by Crippen LogP contribution is 2.30. The number of hydrogen-bond acceptors (Lipinski definition) is 2. The molecule has 1 atom stereocenters. The Labute approximate surface area is 82.3 Å². The molecule has 78 valence electrons. The van der Waals surface area contributed by atoms with E-state index in [1.807, 2.05) is 0 Å². The zero-order valence-corrected chi connectivity index (χ0v) is 9.10. The fourth-order valence-corrected chi connectivity index (χ4v) is 1.87. The molecule has 0 amide bonds. The quantitative estimate of drug-likeness (QED) is 0.661. The largest absolute Gasteiger partial charge is 0.330 e. The molecule has 2 nitrogen and oxygen atoms in total. The maximum atomic E-state index is 5.48. The van der Waals surface area contributed by atoms with Crippen molar-refractivity contribution >= 4 is 0 Å². The van der Waals surface area contributed by atoms with E-state index in [2.05, 4.69) is 19.2 Å². The molecule has 1 saturated carbocycles. The molecule has 1 aliphatic carbocycles. The third kappa shape index (κ3) is 3.65. The zero-order valence-electron chi connectivity index (χ0n) is 9.10. The number of nitrogens with one attached hydrogen (secondary N) is 1. The van der Waals surface area contributed by atoms with Gasteiger partial charge in [-0.05, 0) is 58.0 Å². The van der Waals surface area contributed by atoms with E-state index in [-0.39, 0.29) is 0 Å². The Kier molecular flexibility index (Phi) is 4.20. The molecule has 0 aromatic heterocycles. The summed E-state index contributed by atoms with van der Waals surface area (Å²) in [6.07, 6.45) is 6.55. The molecule has 0 aromatic carbocycles. The van der Waals surface area contributed by atoms with Gasteiger partial charge in [-0.3, -0.25) is 0 Å². The van der Waals surface area contributed by atoms with Crippen LogP contribution in [0.5, 0.6) is 0 Å². The van der Waals surface area contributed by atoms with Gasteiger partial charge in [-0.15, -0.1) is 0 Å². The van der Waals surface area contributed by atoms with Crippen LogP contribution in [0.1, 0.15) is 46.0 Å². The topological polar surface area (TPSA) is 38.0 Å². The van der Waals surface area contributed by atoms with Gasteiger partial charge in [-0.2, -0.15) is 0 Å². The molecular weight excluding hydrogens is 160 g/mol. The lowest BCUT2D eigenvalue weighted by atomic mass is 9.78. The van der Waals surface area contributed by atoms with Crippen molar-refractivity contribution in [2.24, 2.45) is 11.7 Å². The summed E-state index contributed by atoms with van der Waals surface area (Å²) >= 11 is 0. The molecule has 1 unspecified atom stereocenters. The van der Waals surface area contributed by atoms with Crippen LogP contribution in [0.2, 0.25) is 0 Å². The van der Waals surface area contributed by atoms with Crippen molar-refractivity contribution in [3.63, 3.8) is 0 Å². The Morgan fingerprint density at radius 2 is 2.15 bits per heavy atom. The average Bonchev–Trinajstić information content (AvgIpc) is 2.08. The number of hydrogen-bond donors (Lipinski definition) is 2. The van der Waals surface area contributed by atoms with Crippen molar-refractivity contribution in [2.45, 2.75) is 51.5 Å². The molecule has 1 aliphatic rings. The zero-order chi connectivity index (χ0) is 9.73. The summed E-state index contributed by atoms with van der Waals surface area (Å²) in [7, 11) is 0. The van der Waals surface area contributed by atoms with Crippen LogP contribution in [0.4, 0.5) is 0 Å². The van der Waals surface area contributed by atoms with Crippen molar-refractivity contribution in [1.29, 1.82) is 0 Å². The minimum atomic E-state index is 0.469. The van der Waals surface area contributed by atoms with Crippen LogP contribution in [0.3, 0.4) is 0 Å². The second-order valence-electron chi connectivity index (χ2n) is 4.83. The van der Waals surface area contributed by atoms with Crippen molar-refractivity contribution in [2.75, 3.05) is 13.1 Å². The van der Waals surface area contributed by atoms with Gasteiger partial charge in [0.1, 0.15) is 0 Å². The fraction of sp³-hybridized carbons (Fsp3) is 1.00. The molecule has 3 N–H and O–H groups in total. The van der Waals surface area contributed by atoms with Gasteiger partial charge in [-0.1, -0.05) is 6.92 Å². The van der Waals surface area contributed by atoms with Gasteiger partial charge in [0.2, 0.25) is 0 Å². The van der Waals surface area contributed by atoms with Crippen LogP contribution in [-0.4, -0.2) is 18.6 Å². The first-order chi connectivity index (χ1) is 6.16. The second kappa shape index (κ2) is 4.97. The van der Waals surface area contributed by atoms with Gasteiger partial charge >= 0.3 is 0 Å². The maximum absolute atomic E-state index is 5.48. The van der Waals surface area contributed by atoms with Gasteiger partial charge in [0.25, 0.3) is 0 Å². The normalized spacial score (nSPS) is 22.4. The molecule has 0 saturated heterocycles. The second-order valence-corrected chi connectivity index (χ2v) is 4.83. The average molecular weight is 184 g/mol. The summed E-state index contributed by atoms with van der Waals surface area (Å²) < 4.78 is 0. The molecule has 0 radical (unpaired) electrons. The Balaban J connectivity index is 2.03. The standard InChI is InChI=1S/C11H24N2/c1-10(5-3-8-12)9-13-11(2)6-4-7-11/h10,13H,3-9,12H2,1-2H3. The van der Waals surface area contributed by atoms with Gasteiger partial charge in [0.15, 0.2) is 0 Å². The SMILES string of the molecule is CC(CCCN)CNC1(C)CCC1. The third-order valence-electron chi connectivity index (χ3n) is 3.24. The van der Waals surface area contributed by atoms with Gasteiger partial charge in [-0.25, -0.2) is 0 Å². The van der Waals surface area contributed by atoms with Crippen LogP contribution in [0.25, 0.3) is 0 Å². The highest BCUT2D eigenvalue weighted by molar-refractivity contribution is 4.91. The van der Waals surface area contributed by atoms with Crippen LogP contribution in [0, 0.1) is 5.92 Å². The lowest BCUT2D eigenvalue weighted by Gasteiger charge is -2.40. The minimum absolute atomic E-state index is 0.469. The van der Waals surface area contributed by atoms with Crippen LogP contribution >= 0.6 is 0 Å². The summed E-state index contributed by atoms with van der Waals surface area (Å²) in [5.74, 6) is 0.779. The van der Waals surface area contributed by atoms with Crippen LogP contribution < -0.4 is 11.1 Å². The van der Waals surface area contributed by atoms with Crippen LogP contribution in [0.15, 0.2) is 0 Å². The van der Waals surface area contributed by atoms with E-state index in [1.54, 1.807) is 0 Å². The first-order valence-corrected chi connectivity index (χ1v) is 5.61. The first kappa shape index (κ1) is 11.0. The summed E-state index contributed by atoms with van der Waals surface area (Å²) in [6.45, 7) is 6.65. The molecule has 2 heteroatoms. The van der Waals surface area contributed by atoms with E-state index in [0.29, 0.717) is 5.54 Å². The van der Waals surface area contributed by atoms with E-state index in [4.69, 9.17) is 5.73 Å². The molecule has 1 fully saturated rings. The van der Waals surface area contributed by atoms with Crippen molar-refractivity contribution in [3.05, 3.63) is 0 Å². The fourth-order valence-electron chi connectivity index (χ4n) is 1.87. The number of rotatable bonds is 6. The Morgan fingerprint density at radius 1 is 1.46 bits per heavy atom. The lowest BCUT2D eigenvalue weighted by molar-refractivity contribution is 0.198. The van der Waals surface area contributed by atoms with E-state index >= 15 is 0 Å². The third-order valence-corrected chi connectivity index (χ3v) is 3.24. The molecule has 0 bridgehead atoms. The lowest BCUT2D eigenvalue weighted by Crippen LogP contribution is -2.49. The molecule has 0 heterocycles. The Morgan fingerprint density at radius 3 is 2.62 bits per heavy atom. The van der Waals surface area contributed by atoms with E-state index in [1.165, 1.54) is 32.1 Å². The molecule has 0 spiro atoms. The number of nitrogens with two attached hydrogens (primary N) is 1. The minimum Gasteiger partial charge on any atom is -0.330 e. The van der Waals surface area contributed by atoms with Gasteiger partial charge in [0, 0.05) is 5.54 Å². The van der Waals surface area contributed by atoms with E-state index in [0.717, 1.165) is 19.0 Å². The summed E-state index contributed by atoms with van der Waals surface area (Å²) in [5, 5.41) is 3.66. The summed E-state index contributed by atoms with van der Waals surface area (Å²) in [6, 6.07) is 0.